The van der Waals surface area contributed by atoms with Crippen molar-refractivity contribution in [1.82, 2.24) is 5.32 Å². The summed E-state index contributed by atoms with van der Waals surface area (Å²) in [6, 6.07) is 16.1. The van der Waals surface area contributed by atoms with E-state index in [1.54, 1.807) is 4.90 Å². The van der Waals surface area contributed by atoms with E-state index < -0.39 is 0 Å². The number of hydrogen-bond donors (Lipinski definition) is 1. The van der Waals surface area contributed by atoms with Crippen molar-refractivity contribution >= 4 is 35.0 Å². The van der Waals surface area contributed by atoms with Crippen LogP contribution >= 0.6 is 12.2 Å². The maximum absolute atomic E-state index is 12.8. The highest BCUT2D eigenvalue weighted by molar-refractivity contribution is 7.80. The molecule has 0 bridgehead atoms. The molecular weight excluding hydrogens is 316 g/mol. The first-order valence-corrected chi connectivity index (χ1v) is 8.58. The van der Waals surface area contributed by atoms with Crippen LogP contribution in [0.3, 0.4) is 0 Å². The van der Waals surface area contributed by atoms with Crippen LogP contribution in [0.25, 0.3) is 6.08 Å². The van der Waals surface area contributed by atoms with Crippen molar-refractivity contribution in [1.29, 1.82) is 0 Å². The predicted octanol–water partition coefficient (Wildman–Crippen LogP) is 4.07. The molecule has 24 heavy (non-hydrogen) atoms. The Labute approximate surface area is 148 Å². The minimum atomic E-state index is -0.118. The third-order valence-electron chi connectivity index (χ3n) is 4.15. The van der Waals surface area contributed by atoms with Crippen molar-refractivity contribution in [2.45, 2.75) is 26.7 Å². The van der Waals surface area contributed by atoms with Gasteiger partial charge in [-0.2, -0.15) is 0 Å². The standard InChI is InChI=1S/C20H20N2OS/c1-3-14-8-10-16(11-9-14)13-18-19(23)22(20(24)21-18)17-7-5-6-15(4-2)12-17/h5-13H,3-4H2,1-2H3,(H,21,24)/b18-13-. The number of nitrogens with zero attached hydrogens (tertiary/aromatic N) is 1. The summed E-state index contributed by atoms with van der Waals surface area (Å²) in [5.41, 5.74) is 4.75. The zero-order chi connectivity index (χ0) is 17.1. The van der Waals surface area contributed by atoms with Crippen LogP contribution in [0.5, 0.6) is 0 Å². The van der Waals surface area contributed by atoms with Crippen LogP contribution in [0, 0.1) is 0 Å². The quantitative estimate of drug-likeness (QED) is 0.675. The molecule has 122 valence electrons. The second-order valence-electron chi connectivity index (χ2n) is 5.75. The lowest BCUT2D eigenvalue weighted by Gasteiger charge is -2.14. The van der Waals surface area contributed by atoms with Gasteiger partial charge in [0.15, 0.2) is 5.11 Å². The van der Waals surface area contributed by atoms with Gasteiger partial charge >= 0.3 is 0 Å². The predicted molar refractivity (Wildman–Crippen MR) is 103 cm³/mol. The molecule has 2 aromatic rings. The molecule has 1 aliphatic rings. The zero-order valence-corrected chi connectivity index (χ0v) is 14.7. The van der Waals surface area contributed by atoms with Gasteiger partial charge in [-0.3, -0.25) is 9.69 Å². The Kier molecular flexibility index (Phi) is 4.76. The van der Waals surface area contributed by atoms with Crippen LogP contribution in [-0.2, 0) is 17.6 Å². The minimum absolute atomic E-state index is 0.118. The summed E-state index contributed by atoms with van der Waals surface area (Å²) in [5, 5.41) is 3.46. The van der Waals surface area contributed by atoms with Crippen LogP contribution < -0.4 is 10.2 Å². The summed E-state index contributed by atoms with van der Waals surface area (Å²) in [5.74, 6) is -0.118. The van der Waals surface area contributed by atoms with Gasteiger partial charge in [0.05, 0.1) is 5.69 Å². The minimum Gasteiger partial charge on any atom is -0.327 e. The van der Waals surface area contributed by atoms with Gasteiger partial charge in [-0.15, -0.1) is 0 Å². The molecule has 0 saturated carbocycles. The zero-order valence-electron chi connectivity index (χ0n) is 13.9. The first kappa shape index (κ1) is 16.4. The number of benzene rings is 2. The van der Waals surface area contributed by atoms with Gasteiger partial charge in [-0.05, 0) is 60.0 Å². The van der Waals surface area contributed by atoms with Crippen molar-refractivity contribution in [3.8, 4) is 0 Å². The number of hydrogen-bond acceptors (Lipinski definition) is 2. The Morgan fingerprint density at radius 3 is 2.42 bits per heavy atom. The Morgan fingerprint density at radius 1 is 1.04 bits per heavy atom. The Morgan fingerprint density at radius 2 is 1.75 bits per heavy atom. The molecular formula is C20H20N2OS. The molecule has 3 rings (SSSR count). The van der Waals surface area contributed by atoms with E-state index in [2.05, 4.69) is 31.3 Å². The lowest BCUT2D eigenvalue weighted by molar-refractivity contribution is -0.113. The normalized spacial score (nSPS) is 15.9. The number of aryl methyl sites for hydroxylation is 2. The van der Waals surface area contributed by atoms with E-state index >= 15 is 0 Å². The fourth-order valence-electron chi connectivity index (χ4n) is 2.70. The fraction of sp³-hybridized carbons (Fsp3) is 0.200. The largest absolute Gasteiger partial charge is 0.327 e. The molecule has 1 N–H and O–H groups in total. The Hall–Kier alpha value is -2.46. The summed E-state index contributed by atoms with van der Waals surface area (Å²) in [6.07, 6.45) is 3.76. The van der Waals surface area contributed by atoms with E-state index in [0.29, 0.717) is 10.8 Å². The maximum Gasteiger partial charge on any atom is 0.281 e. The molecule has 0 aliphatic carbocycles. The smallest absolute Gasteiger partial charge is 0.281 e. The topological polar surface area (TPSA) is 32.3 Å². The Bertz CT molecular complexity index is 809. The van der Waals surface area contributed by atoms with Crippen LogP contribution in [0.4, 0.5) is 5.69 Å². The average molecular weight is 336 g/mol. The number of carbonyl (C=O) groups excluding carboxylic acids is 1. The lowest BCUT2D eigenvalue weighted by atomic mass is 10.1. The van der Waals surface area contributed by atoms with E-state index in [9.17, 15) is 4.79 Å². The molecule has 1 amide bonds. The summed E-state index contributed by atoms with van der Waals surface area (Å²) >= 11 is 5.37. The van der Waals surface area contributed by atoms with Crippen LogP contribution in [0.2, 0.25) is 0 Å². The highest BCUT2D eigenvalue weighted by atomic mass is 32.1. The molecule has 1 saturated heterocycles. The van der Waals surface area contributed by atoms with Crippen molar-refractivity contribution in [3.63, 3.8) is 0 Å². The Balaban J connectivity index is 1.89. The second-order valence-corrected chi connectivity index (χ2v) is 6.13. The van der Waals surface area contributed by atoms with E-state index in [0.717, 1.165) is 24.1 Å². The second kappa shape index (κ2) is 6.97. The molecule has 0 radical (unpaired) electrons. The third kappa shape index (κ3) is 3.24. The van der Waals surface area contributed by atoms with Crippen molar-refractivity contribution < 1.29 is 4.79 Å². The molecule has 4 heteroatoms. The first-order valence-electron chi connectivity index (χ1n) is 8.17. The average Bonchev–Trinajstić information content (AvgIpc) is 2.89. The lowest BCUT2D eigenvalue weighted by Crippen LogP contribution is -2.30. The van der Waals surface area contributed by atoms with Crippen LogP contribution in [0.1, 0.15) is 30.5 Å². The molecule has 0 atom stereocenters. The number of carbonyl (C=O) groups is 1. The van der Waals surface area contributed by atoms with Crippen LogP contribution in [-0.4, -0.2) is 11.0 Å². The molecule has 2 aromatic carbocycles. The van der Waals surface area contributed by atoms with Gasteiger partial charge in [0.1, 0.15) is 5.70 Å². The molecule has 3 nitrogen and oxygen atoms in total. The van der Waals surface area contributed by atoms with E-state index in [4.69, 9.17) is 12.2 Å². The summed E-state index contributed by atoms with van der Waals surface area (Å²) in [6.45, 7) is 4.21. The fourth-order valence-corrected chi connectivity index (χ4v) is 3.00. The molecule has 1 fully saturated rings. The number of amides is 1. The first-order chi connectivity index (χ1) is 11.6. The number of rotatable bonds is 4. The van der Waals surface area contributed by atoms with Gasteiger partial charge in [0, 0.05) is 0 Å². The summed E-state index contributed by atoms with van der Waals surface area (Å²) in [4.78, 5) is 14.3. The van der Waals surface area contributed by atoms with E-state index in [1.807, 2.05) is 42.5 Å². The third-order valence-corrected chi connectivity index (χ3v) is 4.44. The van der Waals surface area contributed by atoms with Crippen molar-refractivity contribution in [2.75, 3.05) is 4.90 Å². The number of anilines is 1. The van der Waals surface area contributed by atoms with Crippen molar-refractivity contribution in [2.24, 2.45) is 0 Å². The summed E-state index contributed by atoms with van der Waals surface area (Å²) < 4.78 is 0. The van der Waals surface area contributed by atoms with Gasteiger partial charge in [0.25, 0.3) is 5.91 Å². The van der Waals surface area contributed by atoms with Crippen molar-refractivity contribution in [3.05, 3.63) is 70.9 Å². The molecule has 1 heterocycles. The van der Waals surface area contributed by atoms with E-state index in [-0.39, 0.29) is 5.91 Å². The van der Waals surface area contributed by atoms with Gasteiger partial charge < -0.3 is 5.32 Å². The number of nitrogens with one attached hydrogen (secondary N) is 1. The molecule has 1 aliphatic heterocycles. The SMILES string of the molecule is CCc1ccc(/C=C2\NC(=S)N(c3cccc(CC)c3)C2=O)cc1. The highest BCUT2D eigenvalue weighted by Gasteiger charge is 2.31. The number of thiocarbonyl (C=S) groups is 1. The maximum atomic E-state index is 12.8. The molecule has 0 aromatic heterocycles. The summed E-state index contributed by atoms with van der Waals surface area (Å²) in [7, 11) is 0. The molecule has 0 spiro atoms. The van der Waals surface area contributed by atoms with E-state index in [1.165, 1.54) is 11.1 Å². The molecule has 0 unspecified atom stereocenters. The van der Waals surface area contributed by atoms with Crippen LogP contribution in [0.15, 0.2) is 54.2 Å². The highest BCUT2D eigenvalue weighted by Crippen LogP contribution is 2.23. The monoisotopic (exact) mass is 336 g/mol. The van der Waals surface area contributed by atoms with Gasteiger partial charge in [-0.1, -0.05) is 50.2 Å². The van der Waals surface area contributed by atoms with Gasteiger partial charge in [0.2, 0.25) is 0 Å². The van der Waals surface area contributed by atoms with Gasteiger partial charge in [-0.25, -0.2) is 0 Å².